The zero-order chi connectivity index (χ0) is 14.5. The van der Waals surface area contributed by atoms with Crippen molar-refractivity contribution in [1.29, 1.82) is 0 Å². The molecule has 0 atom stereocenters. The Morgan fingerprint density at radius 1 is 1.42 bits per heavy atom. The maximum absolute atomic E-state index is 12.0. The molecule has 1 heterocycles. The van der Waals surface area contributed by atoms with Crippen LogP contribution < -0.4 is 16.0 Å². The summed E-state index contributed by atoms with van der Waals surface area (Å²) in [5.41, 5.74) is -0.0858. The number of likely N-dealkylation sites (N-methyl/N-ethyl adjacent to an activating group) is 2. The number of hydrogen-bond acceptors (Lipinski definition) is 4. The van der Waals surface area contributed by atoms with Crippen LogP contribution in [0.1, 0.15) is 20.8 Å². The molecule has 0 radical (unpaired) electrons. The highest BCUT2D eigenvalue weighted by Gasteiger charge is 2.26. The largest absolute Gasteiger partial charge is 0.358 e. The van der Waals surface area contributed by atoms with Crippen molar-refractivity contribution in [2.75, 3.05) is 18.9 Å². The van der Waals surface area contributed by atoms with Crippen LogP contribution in [0.3, 0.4) is 0 Å². The van der Waals surface area contributed by atoms with Crippen molar-refractivity contribution in [2.45, 2.75) is 32.9 Å². The Labute approximate surface area is 112 Å². The summed E-state index contributed by atoms with van der Waals surface area (Å²) in [5, 5.41) is 12.4. The zero-order valence-corrected chi connectivity index (χ0v) is 11.8. The fraction of sp³-hybridized carbons (Fsp3) is 0.583. The number of nitrogens with zero attached hydrogens (tertiary/aromatic N) is 2. The van der Waals surface area contributed by atoms with Gasteiger partial charge in [-0.1, -0.05) is 6.92 Å². The molecule has 0 fully saturated rings. The Morgan fingerprint density at radius 2 is 2.11 bits per heavy atom. The Bertz CT molecular complexity index is 453. The number of carbonyl (C=O) groups excluding carboxylic acids is 2. The van der Waals surface area contributed by atoms with Crippen LogP contribution in [0.25, 0.3) is 0 Å². The van der Waals surface area contributed by atoms with Gasteiger partial charge in [0.1, 0.15) is 6.54 Å². The minimum atomic E-state index is -0.655. The average Bonchev–Trinajstić information content (AvgIpc) is 2.76. The topological polar surface area (TPSA) is 88.1 Å². The van der Waals surface area contributed by atoms with E-state index in [1.807, 2.05) is 6.92 Å². The molecule has 0 saturated heterocycles. The summed E-state index contributed by atoms with van der Waals surface area (Å²) in [5.74, 6) is -0.289. The van der Waals surface area contributed by atoms with Gasteiger partial charge in [-0.05, 0) is 20.4 Å². The molecule has 0 bridgehead atoms. The quantitative estimate of drug-likeness (QED) is 0.674. The fourth-order valence-electron chi connectivity index (χ4n) is 1.55. The molecule has 0 saturated carbocycles. The maximum atomic E-state index is 12.0. The molecule has 0 aliphatic rings. The normalized spacial score (nSPS) is 11.2. The SMILES string of the molecule is CCNC(C)(C)C(=O)Nc1cnn(CC(=O)NC)c1. The molecule has 3 N–H and O–H groups in total. The van der Waals surface area contributed by atoms with Gasteiger partial charge >= 0.3 is 0 Å². The average molecular weight is 267 g/mol. The third-order valence-electron chi connectivity index (χ3n) is 2.66. The van der Waals surface area contributed by atoms with Crippen LogP contribution >= 0.6 is 0 Å². The molecule has 2 amide bonds. The lowest BCUT2D eigenvalue weighted by Gasteiger charge is -2.23. The molecule has 1 aromatic heterocycles. The minimum absolute atomic E-state index is 0.128. The van der Waals surface area contributed by atoms with E-state index in [1.165, 1.54) is 10.9 Å². The molecule has 7 nitrogen and oxygen atoms in total. The van der Waals surface area contributed by atoms with Gasteiger partial charge in [0, 0.05) is 13.2 Å². The van der Waals surface area contributed by atoms with Gasteiger partial charge < -0.3 is 16.0 Å². The lowest BCUT2D eigenvalue weighted by atomic mass is 10.0. The van der Waals surface area contributed by atoms with Gasteiger partial charge in [-0.25, -0.2) is 0 Å². The van der Waals surface area contributed by atoms with Crippen molar-refractivity contribution in [3.8, 4) is 0 Å². The highest BCUT2D eigenvalue weighted by molar-refractivity contribution is 5.97. The van der Waals surface area contributed by atoms with Crippen molar-refractivity contribution in [2.24, 2.45) is 0 Å². The van der Waals surface area contributed by atoms with Crippen molar-refractivity contribution in [3.63, 3.8) is 0 Å². The van der Waals surface area contributed by atoms with E-state index < -0.39 is 5.54 Å². The second-order valence-corrected chi connectivity index (χ2v) is 4.71. The third kappa shape index (κ3) is 4.36. The van der Waals surface area contributed by atoms with Crippen LogP contribution in [0.4, 0.5) is 5.69 Å². The number of aromatic nitrogens is 2. The van der Waals surface area contributed by atoms with Crippen LogP contribution in [0.15, 0.2) is 12.4 Å². The van der Waals surface area contributed by atoms with E-state index in [0.29, 0.717) is 12.2 Å². The highest BCUT2D eigenvalue weighted by atomic mass is 16.2. The Kier molecular flexibility index (Phi) is 5.05. The van der Waals surface area contributed by atoms with Crippen molar-refractivity contribution >= 4 is 17.5 Å². The molecular formula is C12H21N5O2. The predicted molar refractivity (Wildman–Crippen MR) is 72.7 cm³/mol. The number of amides is 2. The summed E-state index contributed by atoms with van der Waals surface area (Å²) >= 11 is 0. The molecule has 0 aromatic carbocycles. The Morgan fingerprint density at radius 3 is 2.68 bits per heavy atom. The maximum Gasteiger partial charge on any atom is 0.244 e. The second-order valence-electron chi connectivity index (χ2n) is 4.71. The molecule has 19 heavy (non-hydrogen) atoms. The van der Waals surface area contributed by atoms with E-state index in [9.17, 15) is 9.59 Å². The summed E-state index contributed by atoms with van der Waals surface area (Å²) in [6.45, 7) is 6.39. The lowest BCUT2D eigenvalue weighted by molar-refractivity contribution is -0.121. The molecule has 1 aromatic rings. The number of hydrogen-bond donors (Lipinski definition) is 3. The summed E-state index contributed by atoms with van der Waals surface area (Å²) in [7, 11) is 1.56. The van der Waals surface area contributed by atoms with Gasteiger partial charge in [-0.15, -0.1) is 0 Å². The first kappa shape index (κ1) is 15.2. The minimum Gasteiger partial charge on any atom is -0.358 e. The predicted octanol–water partition coefficient (Wildman–Crippen LogP) is -0.0443. The first-order valence-corrected chi connectivity index (χ1v) is 6.18. The van der Waals surface area contributed by atoms with Crippen LogP contribution in [0.2, 0.25) is 0 Å². The van der Waals surface area contributed by atoms with Gasteiger partial charge in [0.2, 0.25) is 11.8 Å². The zero-order valence-electron chi connectivity index (χ0n) is 11.8. The smallest absolute Gasteiger partial charge is 0.244 e. The standard InChI is InChI=1S/C12H21N5O2/c1-5-14-12(2,3)11(19)16-9-6-15-17(7-9)8-10(18)13-4/h6-7,14H,5,8H2,1-4H3,(H,13,18)(H,16,19). The Hall–Kier alpha value is -1.89. The molecule has 106 valence electrons. The van der Waals surface area contributed by atoms with Crippen molar-refractivity contribution < 1.29 is 9.59 Å². The van der Waals surface area contributed by atoms with E-state index >= 15 is 0 Å². The fourth-order valence-corrected chi connectivity index (χ4v) is 1.55. The molecule has 0 aliphatic heterocycles. The van der Waals surface area contributed by atoms with Crippen molar-refractivity contribution in [3.05, 3.63) is 12.4 Å². The van der Waals surface area contributed by atoms with E-state index in [-0.39, 0.29) is 18.4 Å². The summed E-state index contributed by atoms with van der Waals surface area (Å²) in [6, 6.07) is 0. The van der Waals surface area contributed by atoms with E-state index in [2.05, 4.69) is 21.0 Å². The number of carbonyl (C=O) groups is 2. The molecule has 7 heteroatoms. The molecule has 0 unspecified atom stereocenters. The van der Waals surface area contributed by atoms with Gasteiger partial charge in [-0.3, -0.25) is 14.3 Å². The molecule has 0 aliphatic carbocycles. The van der Waals surface area contributed by atoms with Crippen LogP contribution in [0, 0.1) is 0 Å². The number of anilines is 1. The second kappa shape index (κ2) is 6.33. The Balaban J connectivity index is 2.63. The van der Waals surface area contributed by atoms with E-state index in [4.69, 9.17) is 0 Å². The van der Waals surface area contributed by atoms with Crippen LogP contribution in [0.5, 0.6) is 0 Å². The van der Waals surface area contributed by atoms with Gasteiger partial charge in [0.05, 0.1) is 17.4 Å². The first-order valence-electron chi connectivity index (χ1n) is 6.18. The third-order valence-corrected chi connectivity index (χ3v) is 2.66. The monoisotopic (exact) mass is 267 g/mol. The molecule has 0 spiro atoms. The van der Waals surface area contributed by atoms with E-state index in [0.717, 1.165) is 0 Å². The van der Waals surface area contributed by atoms with E-state index in [1.54, 1.807) is 27.1 Å². The van der Waals surface area contributed by atoms with Gasteiger partial charge in [0.25, 0.3) is 0 Å². The summed E-state index contributed by atoms with van der Waals surface area (Å²) in [6.07, 6.45) is 3.14. The summed E-state index contributed by atoms with van der Waals surface area (Å²) < 4.78 is 1.47. The lowest BCUT2D eigenvalue weighted by Crippen LogP contribution is -2.49. The molecule has 1 rings (SSSR count). The molecular weight excluding hydrogens is 246 g/mol. The van der Waals surface area contributed by atoms with Crippen molar-refractivity contribution in [1.82, 2.24) is 20.4 Å². The van der Waals surface area contributed by atoms with Gasteiger partial charge in [-0.2, -0.15) is 5.10 Å². The highest BCUT2D eigenvalue weighted by Crippen LogP contribution is 2.10. The van der Waals surface area contributed by atoms with Crippen LogP contribution in [-0.4, -0.2) is 40.7 Å². The number of nitrogens with one attached hydrogen (secondary N) is 3. The van der Waals surface area contributed by atoms with Gasteiger partial charge in [0.15, 0.2) is 0 Å². The summed E-state index contributed by atoms with van der Waals surface area (Å²) in [4.78, 5) is 23.2. The first-order chi connectivity index (χ1) is 8.89. The van der Waals surface area contributed by atoms with Crippen LogP contribution in [-0.2, 0) is 16.1 Å². The number of rotatable bonds is 6.